The summed E-state index contributed by atoms with van der Waals surface area (Å²) in [6, 6.07) is 5.01. The highest BCUT2D eigenvalue weighted by molar-refractivity contribution is 6.29. The van der Waals surface area contributed by atoms with E-state index in [-0.39, 0.29) is 30.2 Å². The van der Waals surface area contributed by atoms with Crippen molar-refractivity contribution in [3.8, 4) is 11.9 Å². The van der Waals surface area contributed by atoms with E-state index in [1.54, 1.807) is 26.8 Å². The fourth-order valence-electron chi connectivity index (χ4n) is 2.20. The van der Waals surface area contributed by atoms with Crippen LogP contribution in [0.2, 0.25) is 5.15 Å². The summed E-state index contributed by atoms with van der Waals surface area (Å²) in [6.45, 7) is 5.20. The normalized spacial score (nSPS) is 13.3. The molecule has 1 aromatic heterocycles. The molecule has 0 saturated carbocycles. The largest absolute Gasteiger partial charge is 0.481 e. The van der Waals surface area contributed by atoms with E-state index in [9.17, 15) is 4.79 Å². The van der Waals surface area contributed by atoms with Gasteiger partial charge in [-0.25, -0.2) is 9.78 Å². The van der Waals surface area contributed by atoms with Gasteiger partial charge in [-0.2, -0.15) is 5.26 Å². The second-order valence-corrected chi connectivity index (χ2v) is 5.14. The average Bonchev–Trinajstić information content (AvgIpc) is 2.48. The van der Waals surface area contributed by atoms with E-state index in [0.717, 1.165) is 0 Å². The lowest BCUT2D eigenvalue weighted by Crippen LogP contribution is -2.45. The molecule has 0 fully saturated rings. The maximum absolute atomic E-state index is 12.6. The number of carbonyl (C=O) groups excluding carboxylic acids is 1. The number of nitrogens with zero attached hydrogens (tertiary/aromatic N) is 2. The highest BCUT2D eigenvalue weighted by Crippen LogP contribution is 2.40. The quantitative estimate of drug-likeness (QED) is 0.566. The minimum Gasteiger partial charge on any atom is -0.481 e. The fraction of sp³-hybridized carbons (Fsp3) is 0.533. The standard InChI is InChI=1S/C15H19ClN2O4/c1-5-21-14(19)15(10(2)3,22-9-8-17)11-6-7-12(16)18-13(11)20-4/h6-7,10H,5,9H2,1-4H3. The minimum atomic E-state index is -1.49. The monoisotopic (exact) mass is 326 g/mol. The molecule has 0 radical (unpaired) electrons. The highest BCUT2D eigenvalue weighted by Gasteiger charge is 2.48. The van der Waals surface area contributed by atoms with Gasteiger partial charge in [-0.15, -0.1) is 0 Å². The van der Waals surface area contributed by atoms with Crippen LogP contribution in [0.1, 0.15) is 26.3 Å². The summed E-state index contributed by atoms with van der Waals surface area (Å²) >= 11 is 5.87. The van der Waals surface area contributed by atoms with Gasteiger partial charge in [0.1, 0.15) is 11.8 Å². The highest BCUT2D eigenvalue weighted by atomic mass is 35.5. The maximum atomic E-state index is 12.6. The van der Waals surface area contributed by atoms with Crippen LogP contribution in [-0.2, 0) is 19.9 Å². The van der Waals surface area contributed by atoms with Gasteiger partial charge in [-0.1, -0.05) is 25.4 Å². The molecular weight excluding hydrogens is 308 g/mol. The zero-order valence-electron chi connectivity index (χ0n) is 13.1. The topological polar surface area (TPSA) is 81.4 Å². The van der Waals surface area contributed by atoms with Gasteiger partial charge in [-0.3, -0.25) is 0 Å². The second kappa shape index (κ2) is 7.97. The van der Waals surface area contributed by atoms with Crippen LogP contribution < -0.4 is 4.74 Å². The van der Waals surface area contributed by atoms with Crippen molar-refractivity contribution in [2.75, 3.05) is 20.3 Å². The molecule has 1 aromatic rings. The number of nitriles is 1. The van der Waals surface area contributed by atoms with Gasteiger partial charge in [0.2, 0.25) is 5.88 Å². The molecule has 0 saturated heterocycles. The van der Waals surface area contributed by atoms with Crippen molar-refractivity contribution in [3.05, 3.63) is 22.8 Å². The number of methoxy groups -OCH3 is 1. The molecule has 0 aliphatic carbocycles. The van der Waals surface area contributed by atoms with Crippen molar-refractivity contribution in [3.63, 3.8) is 0 Å². The van der Waals surface area contributed by atoms with Gasteiger partial charge in [0.25, 0.3) is 0 Å². The summed E-state index contributed by atoms with van der Waals surface area (Å²) in [7, 11) is 1.42. The summed E-state index contributed by atoms with van der Waals surface area (Å²) in [5.74, 6) is -0.758. The first-order valence-electron chi connectivity index (χ1n) is 6.83. The van der Waals surface area contributed by atoms with E-state index >= 15 is 0 Å². The van der Waals surface area contributed by atoms with Gasteiger partial charge in [0.15, 0.2) is 5.60 Å². The first-order chi connectivity index (χ1) is 10.4. The Morgan fingerprint density at radius 3 is 2.68 bits per heavy atom. The second-order valence-electron chi connectivity index (χ2n) is 4.75. The zero-order valence-corrected chi connectivity index (χ0v) is 13.8. The third-order valence-electron chi connectivity index (χ3n) is 3.18. The molecule has 0 bridgehead atoms. The van der Waals surface area contributed by atoms with Gasteiger partial charge < -0.3 is 14.2 Å². The summed E-state index contributed by atoms with van der Waals surface area (Å²) in [6.07, 6.45) is 0. The van der Waals surface area contributed by atoms with Gasteiger partial charge in [0, 0.05) is 0 Å². The maximum Gasteiger partial charge on any atom is 0.343 e. The van der Waals surface area contributed by atoms with E-state index < -0.39 is 11.6 Å². The molecule has 7 heteroatoms. The minimum absolute atomic E-state index is 0.159. The van der Waals surface area contributed by atoms with Crippen molar-refractivity contribution in [1.82, 2.24) is 4.98 Å². The van der Waals surface area contributed by atoms with E-state index in [1.807, 2.05) is 6.07 Å². The van der Waals surface area contributed by atoms with Crippen LogP contribution in [0.25, 0.3) is 0 Å². The summed E-state index contributed by atoms with van der Waals surface area (Å²) in [4.78, 5) is 16.7. The summed E-state index contributed by atoms with van der Waals surface area (Å²) in [5, 5.41) is 9.07. The van der Waals surface area contributed by atoms with Crippen molar-refractivity contribution < 1.29 is 19.0 Å². The molecule has 0 spiro atoms. The number of halogens is 1. The Kier molecular flexibility index (Phi) is 6.60. The lowest BCUT2D eigenvalue weighted by molar-refractivity contribution is -0.179. The molecule has 0 aliphatic heterocycles. The molecule has 1 rings (SSSR count). The number of hydrogen-bond acceptors (Lipinski definition) is 6. The lowest BCUT2D eigenvalue weighted by Gasteiger charge is -2.35. The van der Waals surface area contributed by atoms with Crippen LogP contribution in [0.3, 0.4) is 0 Å². The Morgan fingerprint density at radius 1 is 1.50 bits per heavy atom. The van der Waals surface area contributed by atoms with Crippen LogP contribution >= 0.6 is 11.6 Å². The Bertz CT molecular complexity index is 571. The Labute approximate surface area is 134 Å². The third kappa shape index (κ3) is 3.49. The van der Waals surface area contributed by atoms with Crippen LogP contribution in [-0.4, -0.2) is 31.3 Å². The molecule has 0 aromatic carbocycles. The van der Waals surface area contributed by atoms with Crippen LogP contribution in [0.15, 0.2) is 12.1 Å². The van der Waals surface area contributed by atoms with Crippen LogP contribution in [0, 0.1) is 17.2 Å². The predicted molar refractivity (Wildman–Crippen MR) is 80.5 cm³/mol. The number of hydrogen-bond donors (Lipinski definition) is 0. The number of esters is 1. The van der Waals surface area contributed by atoms with Gasteiger partial charge in [-0.05, 0) is 25.0 Å². The first kappa shape index (κ1) is 18.2. The van der Waals surface area contributed by atoms with Crippen molar-refractivity contribution >= 4 is 17.6 Å². The Hall–Kier alpha value is -1.84. The van der Waals surface area contributed by atoms with E-state index in [0.29, 0.717) is 5.56 Å². The molecule has 0 aliphatic rings. The van der Waals surface area contributed by atoms with Gasteiger partial charge in [0.05, 0.1) is 25.3 Å². The average molecular weight is 327 g/mol. The zero-order chi connectivity index (χ0) is 16.8. The SMILES string of the molecule is CCOC(=O)C(OCC#N)(c1ccc(Cl)nc1OC)C(C)C. The third-order valence-corrected chi connectivity index (χ3v) is 3.39. The molecule has 6 nitrogen and oxygen atoms in total. The molecular formula is C15H19ClN2O4. The summed E-state index contributed by atoms with van der Waals surface area (Å²) < 4.78 is 16.0. The van der Waals surface area contributed by atoms with Crippen LogP contribution in [0.4, 0.5) is 0 Å². The Balaban J connectivity index is 3.54. The molecule has 22 heavy (non-hydrogen) atoms. The number of pyridine rings is 1. The van der Waals surface area contributed by atoms with Crippen molar-refractivity contribution in [2.45, 2.75) is 26.4 Å². The lowest BCUT2D eigenvalue weighted by atomic mass is 9.83. The van der Waals surface area contributed by atoms with Crippen molar-refractivity contribution in [2.24, 2.45) is 5.92 Å². The van der Waals surface area contributed by atoms with E-state index in [1.165, 1.54) is 13.2 Å². The predicted octanol–water partition coefficient (Wildman–Crippen LogP) is 2.70. The van der Waals surface area contributed by atoms with E-state index in [4.69, 9.17) is 31.1 Å². The van der Waals surface area contributed by atoms with Crippen molar-refractivity contribution in [1.29, 1.82) is 5.26 Å². The smallest absolute Gasteiger partial charge is 0.343 e. The number of aromatic nitrogens is 1. The molecule has 1 atom stereocenters. The summed E-state index contributed by atoms with van der Waals surface area (Å²) in [5.41, 5.74) is -1.11. The molecule has 1 heterocycles. The molecule has 0 N–H and O–H groups in total. The van der Waals surface area contributed by atoms with Gasteiger partial charge >= 0.3 is 5.97 Å². The van der Waals surface area contributed by atoms with Crippen LogP contribution in [0.5, 0.6) is 5.88 Å². The Morgan fingerprint density at radius 2 is 2.18 bits per heavy atom. The number of ether oxygens (including phenoxy) is 3. The van der Waals surface area contributed by atoms with E-state index in [2.05, 4.69) is 4.98 Å². The molecule has 1 unspecified atom stereocenters. The molecule has 120 valence electrons. The fourth-order valence-corrected chi connectivity index (χ4v) is 2.34. The molecule has 0 amide bonds. The first-order valence-corrected chi connectivity index (χ1v) is 7.20. The number of rotatable bonds is 7. The number of carbonyl (C=O) groups is 1.